The quantitative estimate of drug-likeness (QED) is 0.924. The maximum absolute atomic E-state index is 9.00. The van der Waals surface area contributed by atoms with Crippen LogP contribution in [0.15, 0.2) is 53.4 Å². The number of benzene rings is 2. The molecule has 0 fully saturated rings. The Morgan fingerprint density at radius 3 is 2.68 bits per heavy atom. The lowest BCUT2D eigenvalue weighted by atomic mass is 10.0. The fraction of sp³-hybridized carbons (Fsp3) is 0.250. The van der Waals surface area contributed by atoms with E-state index >= 15 is 0 Å². The van der Waals surface area contributed by atoms with Crippen LogP contribution < -0.4 is 4.74 Å². The minimum absolute atomic E-state index is 0.0763. The van der Waals surface area contributed by atoms with Crippen molar-refractivity contribution in [2.45, 2.75) is 17.4 Å². The van der Waals surface area contributed by atoms with Crippen LogP contribution in [0.25, 0.3) is 0 Å². The predicted octanol–water partition coefficient (Wildman–Crippen LogP) is 3.45. The van der Waals surface area contributed by atoms with Crippen molar-refractivity contribution in [1.82, 2.24) is 0 Å². The summed E-state index contributed by atoms with van der Waals surface area (Å²) < 4.78 is 5.85. The van der Waals surface area contributed by atoms with Crippen molar-refractivity contribution in [3.63, 3.8) is 0 Å². The van der Waals surface area contributed by atoms with Gasteiger partial charge in [0.05, 0.1) is 13.2 Å². The van der Waals surface area contributed by atoms with Gasteiger partial charge in [-0.25, -0.2) is 0 Å². The van der Waals surface area contributed by atoms with Gasteiger partial charge in [-0.3, -0.25) is 0 Å². The molecule has 3 heteroatoms. The van der Waals surface area contributed by atoms with E-state index in [0.717, 1.165) is 17.1 Å². The zero-order valence-electron chi connectivity index (χ0n) is 10.6. The van der Waals surface area contributed by atoms with Gasteiger partial charge in [-0.2, -0.15) is 0 Å². The third-order valence-corrected chi connectivity index (χ3v) is 4.61. The maximum atomic E-state index is 9.00. The van der Waals surface area contributed by atoms with Gasteiger partial charge in [-0.15, -0.1) is 11.8 Å². The number of fused-ring (bicyclic) bond motifs is 1. The van der Waals surface area contributed by atoms with E-state index in [1.54, 1.807) is 0 Å². The molecule has 1 aliphatic heterocycles. The minimum atomic E-state index is 0.0763. The Morgan fingerprint density at radius 1 is 1.11 bits per heavy atom. The number of rotatable bonds is 4. The molecule has 0 saturated heterocycles. The van der Waals surface area contributed by atoms with Gasteiger partial charge < -0.3 is 9.84 Å². The molecule has 1 unspecified atom stereocenters. The summed E-state index contributed by atoms with van der Waals surface area (Å²) >= 11 is 1.90. The van der Waals surface area contributed by atoms with E-state index in [-0.39, 0.29) is 6.61 Å². The van der Waals surface area contributed by atoms with E-state index in [1.165, 1.54) is 10.5 Å². The highest BCUT2D eigenvalue weighted by Gasteiger charge is 2.23. The molecule has 0 aromatic heterocycles. The fourth-order valence-corrected chi connectivity index (χ4v) is 3.49. The standard InChI is InChI=1S/C16H16O2S/c17-9-12-5-7-14(8-6-12)18-10-13-11-19-16-4-2-1-3-15(13)16/h1-8,13,17H,9-11H2. The number of hydrogen-bond donors (Lipinski definition) is 1. The molecule has 0 radical (unpaired) electrons. The third kappa shape index (κ3) is 2.77. The molecule has 1 N–H and O–H groups in total. The number of ether oxygens (including phenoxy) is 1. The van der Waals surface area contributed by atoms with Gasteiger partial charge in [0.2, 0.25) is 0 Å². The summed E-state index contributed by atoms with van der Waals surface area (Å²) in [5.41, 5.74) is 2.31. The molecule has 2 aromatic rings. The molecule has 2 nitrogen and oxygen atoms in total. The molecule has 98 valence electrons. The van der Waals surface area contributed by atoms with Crippen LogP contribution in [0.2, 0.25) is 0 Å². The van der Waals surface area contributed by atoms with Crippen LogP contribution in [0.4, 0.5) is 0 Å². The number of hydrogen-bond acceptors (Lipinski definition) is 3. The molecule has 0 amide bonds. The Labute approximate surface area is 117 Å². The highest BCUT2D eigenvalue weighted by atomic mass is 32.2. The molecule has 19 heavy (non-hydrogen) atoms. The molecular formula is C16H16O2S. The monoisotopic (exact) mass is 272 g/mol. The second kappa shape index (κ2) is 5.68. The van der Waals surface area contributed by atoms with E-state index < -0.39 is 0 Å². The summed E-state index contributed by atoms with van der Waals surface area (Å²) in [6, 6.07) is 16.2. The van der Waals surface area contributed by atoms with Crippen molar-refractivity contribution in [3.8, 4) is 5.75 Å². The average molecular weight is 272 g/mol. The van der Waals surface area contributed by atoms with Gasteiger partial charge >= 0.3 is 0 Å². The van der Waals surface area contributed by atoms with Gasteiger partial charge in [0.25, 0.3) is 0 Å². The number of aliphatic hydroxyl groups excluding tert-OH is 1. The first-order valence-electron chi connectivity index (χ1n) is 6.41. The van der Waals surface area contributed by atoms with Crippen LogP contribution in [0, 0.1) is 0 Å². The summed E-state index contributed by atoms with van der Waals surface area (Å²) in [5.74, 6) is 2.43. The first kappa shape index (κ1) is 12.6. The number of aliphatic hydroxyl groups is 1. The second-order valence-electron chi connectivity index (χ2n) is 4.66. The number of thioether (sulfide) groups is 1. The van der Waals surface area contributed by atoms with E-state index in [1.807, 2.05) is 36.0 Å². The van der Waals surface area contributed by atoms with Crippen molar-refractivity contribution in [2.24, 2.45) is 0 Å². The summed E-state index contributed by atoms with van der Waals surface area (Å²) in [6.45, 7) is 0.787. The van der Waals surface area contributed by atoms with Crippen LogP contribution in [0.3, 0.4) is 0 Å². The molecule has 0 saturated carbocycles. The first-order chi connectivity index (χ1) is 9.36. The molecule has 1 aliphatic rings. The summed E-state index contributed by atoms with van der Waals surface area (Å²) in [6.07, 6.45) is 0. The van der Waals surface area contributed by atoms with Gasteiger partial charge in [0, 0.05) is 16.6 Å². The van der Waals surface area contributed by atoms with Crippen molar-refractivity contribution in [3.05, 3.63) is 59.7 Å². The van der Waals surface area contributed by atoms with Gasteiger partial charge in [-0.05, 0) is 29.3 Å². The van der Waals surface area contributed by atoms with Crippen LogP contribution in [0.5, 0.6) is 5.75 Å². The van der Waals surface area contributed by atoms with Crippen molar-refractivity contribution in [2.75, 3.05) is 12.4 Å². The topological polar surface area (TPSA) is 29.5 Å². The Morgan fingerprint density at radius 2 is 1.89 bits per heavy atom. The summed E-state index contributed by atoms with van der Waals surface area (Å²) in [7, 11) is 0. The Hall–Kier alpha value is -1.45. The van der Waals surface area contributed by atoms with Crippen molar-refractivity contribution in [1.29, 1.82) is 0 Å². The molecule has 1 heterocycles. The molecule has 0 aliphatic carbocycles. The molecule has 0 bridgehead atoms. The van der Waals surface area contributed by atoms with Crippen molar-refractivity contribution < 1.29 is 9.84 Å². The van der Waals surface area contributed by atoms with Crippen LogP contribution in [-0.2, 0) is 6.61 Å². The molecule has 2 aromatic carbocycles. The normalized spacial score (nSPS) is 17.2. The smallest absolute Gasteiger partial charge is 0.119 e. The maximum Gasteiger partial charge on any atom is 0.119 e. The highest BCUT2D eigenvalue weighted by Crippen LogP contribution is 2.39. The minimum Gasteiger partial charge on any atom is -0.493 e. The molecule has 1 atom stereocenters. The zero-order chi connectivity index (χ0) is 13.1. The SMILES string of the molecule is OCc1ccc(OCC2CSc3ccccc32)cc1. The van der Waals surface area contributed by atoms with E-state index in [2.05, 4.69) is 24.3 Å². The largest absolute Gasteiger partial charge is 0.493 e. The van der Waals surface area contributed by atoms with Crippen LogP contribution >= 0.6 is 11.8 Å². The Bertz CT molecular complexity index is 551. The third-order valence-electron chi connectivity index (χ3n) is 3.36. The summed E-state index contributed by atoms with van der Waals surface area (Å²) in [4.78, 5) is 1.38. The lowest BCUT2D eigenvalue weighted by Gasteiger charge is -2.12. The van der Waals surface area contributed by atoms with Crippen molar-refractivity contribution >= 4 is 11.8 Å². The fourth-order valence-electron chi connectivity index (χ4n) is 2.26. The molecular weight excluding hydrogens is 256 g/mol. The van der Waals surface area contributed by atoms with Gasteiger partial charge in [-0.1, -0.05) is 30.3 Å². The molecule has 0 spiro atoms. The first-order valence-corrected chi connectivity index (χ1v) is 7.39. The van der Waals surface area contributed by atoms with Gasteiger partial charge in [0.1, 0.15) is 5.75 Å². The predicted molar refractivity (Wildman–Crippen MR) is 77.8 cm³/mol. The second-order valence-corrected chi connectivity index (χ2v) is 5.72. The Kier molecular flexibility index (Phi) is 3.76. The lowest BCUT2D eigenvalue weighted by Crippen LogP contribution is -2.09. The highest BCUT2D eigenvalue weighted by molar-refractivity contribution is 7.99. The lowest BCUT2D eigenvalue weighted by molar-refractivity contribution is 0.280. The van der Waals surface area contributed by atoms with Crippen LogP contribution in [-0.4, -0.2) is 17.5 Å². The van der Waals surface area contributed by atoms with E-state index in [0.29, 0.717) is 12.5 Å². The zero-order valence-corrected chi connectivity index (χ0v) is 11.4. The average Bonchev–Trinajstić information content (AvgIpc) is 2.89. The molecule has 3 rings (SSSR count). The van der Waals surface area contributed by atoms with Crippen LogP contribution in [0.1, 0.15) is 17.0 Å². The Balaban J connectivity index is 1.64. The van der Waals surface area contributed by atoms with E-state index in [4.69, 9.17) is 9.84 Å². The summed E-state index contributed by atoms with van der Waals surface area (Å²) in [5, 5.41) is 9.00. The van der Waals surface area contributed by atoms with E-state index in [9.17, 15) is 0 Å². The van der Waals surface area contributed by atoms with Gasteiger partial charge in [0.15, 0.2) is 0 Å².